The topological polar surface area (TPSA) is 77.8 Å². The summed E-state index contributed by atoms with van der Waals surface area (Å²) in [6.07, 6.45) is 2.18. The first kappa shape index (κ1) is 9.21. The summed E-state index contributed by atoms with van der Waals surface area (Å²) < 4.78 is 0.947. The van der Waals surface area contributed by atoms with E-state index in [4.69, 9.17) is 11.5 Å². The Morgan fingerprint density at radius 2 is 2.14 bits per heavy atom. The van der Waals surface area contributed by atoms with Gasteiger partial charge < -0.3 is 11.5 Å². The summed E-state index contributed by atoms with van der Waals surface area (Å²) in [7, 11) is 0. The highest BCUT2D eigenvalue weighted by Crippen LogP contribution is 2.29. The van der Waals surface area contributed by atoms with Crippen LogP contribution in [0.1, 0.15) is 18.2 Å². The second-order valence-corrected chi connectivity index (χ2v) is 4.28. The number of nitrogens with two attached hydrogens (primary N) is 2. The molecule has 2 aromatic rings. The van der Waals surface area contributed by atoms with Crippen molar-refractivity contribution in [3.8, 4) is 0 Å². The molecule has 0 saturated heterocycles. The maximum atomic E-state index is 5.75. The Morgan fingerprint density at radius 3 is 2.86 bits per heavy atom. The van der Waals surface area contributed by atoms with Crippen LogP contribution in [0.2, 0.25) is 0 Å². The zero-order chi connectivity index (χ0) is 10.1. The van der Waals surface area contributed by atoms with Crippen molar-refractivity contribution in [2.75, 3.05) is 11.5 Å². The van der Waals surface area contributed by atoms with Crippen molar-refractivity contribution in [1.82, 2.24) is 9.97 Å². The van der Waals surface area contributed by atoms with Crippen molar-refractivity contribution in [3.63, 3.8) is 0 Å². The fraction of sp³-hybridized carbons (Fsp3) is 0.333. The number of hydrogen-bond donors (Lipinski definition) is 2. The maximum absolute atomic E-state index is 5.75. The number of nitrogen functional groups attached to an aromatic ring is 2. The lowest BCUT2D eigenvalue weighted by molar-refractivity contribution is 0.940. The summed E-state index contributed by atoms with van der Waals surface area (Å²) >= 11 is 1.65. The van der Waals surface area contributed by atoms with Crippen LogP contribution in [0.4, 0.5) is 11.8 Å². The van der Waals surface area contributed by atoms with Gasteiger partial charge in [-0.2, -0.15) is 4.98 Å². The summed E-state index contributed by atoms with van der Waals surface area (Å²) in [6, 6.07) is 2.04. The summed E-state index contributed by atoms with van der Waals surface area (Å²) in [6.45, 7) is 2.15. The third-order valence-electron chi connectivity index (χ3n) is 1.96. The molecule has 0 unspecified atom stereocenters. The van der Waals surface area contributed by atoms with E-state index in [0.29, 0.717) is 5.82 Å². The van der Waals surface area contributed by atoms with Gasteiger partial charge in [-0.05, 0) is 12.5 Å². The summed E-state index contributed by atoms with van der Waals surface area (Å²) in [5.41, 5.74) is 12.1. The van der Waals surface area contributed by atoms with Crippen LogP contribution in [0.25, 0.3) is 10.2 Å². The number of fused-ring (bicyclic) bond motifs is 1. The summed E-state index contributed by atoms with van der Waals surface area (Å²) in [4.78, 5) is 9.35. The number of aryl methyl sites for hydroxylation is 1. The smallest absolute Gasteiger partial charge is 0.222 e. The van der Waals surface area contributed by atoms with Crippen LogP contribution in [0.5, 0.6) is 0 Å². The highest BCUT2D eigenvalue weighted by atomic mass is 32.1. The van der Waals surface area contributed by atoms with E-state index in [2.05, 4.69) is 16.9 Å². The molecule has 2 aromatic heterocycles. The molecule has 0 aliphatic rings. The van der Waals surface area contributed by atoms with Crippen molar-refractivity contribution < 1.29 is 0 Å². The molecule has 2 heterocycles. The lowest BCUT2D eigenvalue weighted by Crippen LogP contribution is -1.98. The minimum absolute atomic E-state index is 0.246. The molecule has 4 nitrogen and oxygen atoms in total. The molecule has 5 heteroatoms. The minimum Gasteiger partial charge on any atom is -0.382 e. The van der Waals surface area contributed by atoms with Gasteiger partial charge in [0, 0.05) is 4.88 Å². The Labute approximate surface area is 86.0 Å². The first-order valence-corrected chi connectivity index (χ1v) is 5.33. The molecule has 14 heavy (non-hydrogen) atoms. The van der Waals surface area contributed by atoms with Crippen LogP contribution in [0.3, 0.4) is 0 Å². The van der Waals surface area contributed by atoms with E-state index in [1.165, 1.54) is 4.88 Å². The molecule has 0 bridgehead atoms. The van der Waals surface area contributed by atoms with Crippen LogP contribution < -0.4 is 11.5 Å². The normalized spacial score (nSPS) is 10.9. The average molecular weight is 208 g/mol. The predicted octanol–water partition coefficient (Wildman–Crippen LogP) is 1.81. The zero-order valence-corrected chi connectivity index (χ0v) is 8.77. The average Bonchev–Trinajstić information content (AvgIpc) is 2.48. The number of hydrogen-bond acceptors (Lipinski definition) is 5. The van der Waals surface area contributed by atoms with Crippen molar-refractivity contribution in [1.29, 1.82) is 0 Å². The molecular formula is C9H12N4S. The van der Waals surface area contributed by atoms with E-state index < -0.39 is 0 Å². The fourth-order valence-corrected chi connectivity index (χ4v) is 2.49. The van der Waals surface area contributed by atoms with E-state index >= 15 is 0 Å². The largest absolute Gasteiger partial charge is 0.382 e. The molecule has 0 amide bonds. The van der Waals surface area contributed by atoms with Crippen LogP contribution in [0.15, 0.2) is 6.07 Å². The second-order valence-electron chi connectivity index (χ2n) is 3.14. The van der Waals surface area contributed by atoms with E-state index in [9.17, 15) is 0 Å². The monoisotopic (exact) mass is 208 g/mol. The molecule has 0 spiro atoms. The van der Waals surface area contributed by atoms with Crippen molar-refractivity contribution in [2.45, 2.75) is 19.8 Å². The lowest BCUT2D eigenvalue weighted by atomic mass is 10.3. The van der Waals surface area contributed by atoms with Crippen molar-refractivity contribution in [3.05, 3.63) is 10.9 Å². The molecular weight excluding hydrogens is 196 g/mol. The third-order valence-corrected chi connectivity index (χ3v) is 3.17. The standard InChI is InChI=1S/C9H12N4S/c1-2-3-5-4-6-7(14-5)8(10)13-9(11)12-6/h4H,2-3H2,1H3,(H4,10,11,12,13). The highest BCUT2D eigenvalue weighted by molar-refractivity contribution is 7.19. The second kappa shape index (κ2) is 3.42. The van der Waals surface area contributed by atoms with E-state index in [1.54, 1.807) is 11.3 Å². The molecule has 4 N–H and O–H groups in total. The first-order valence-electron chi connectivity index (χ1n) is 4.52. The number of thiophene rings is 1. The number of nitrogens with zero attached hydrogens (tertiary/aromatic N) is 2. The van der Waals surface area contributed by atoms with Crippen LogP contribution >= 0.6 is 11.3 Å². The van der Waals surface area contributed by atoms with E-state index in [-0.39, 0.29) is 5.95 Å². The lowest BCUT2D eigenvalue weighted by Gasteiger charge is -1.95. The number of anilines is 2. The predicted molar refractivity (Wildman–Crippen MR) is 60.2 cm³/mol. The SMILES string of the molecule is CCCc1cc2nc(N)nc(N)c2s1. The Bertz CT molecular complexity index is 463. The zero-order valence-electron chi connectivity index (χ0n) is 7.95. The quantitative estimate of drug-likeness (QED) is 0.789. The molecule has 0 atom stereocenters. The molecule has 0 radical (unpaired) electrons. The summed E-state index contributed by atoms with van der Waals surface area (Å²) in [5.74, 6) is 0.732. The van der Waals surface area contributed by atoms with Gasteiger partial charge in [-0.1, -0.05) is 13.3 Å². The number of aromatic nitrogens is 2. The Kier molecular flexibility index (Phi) is 2.25. The van der Waals surface area contributed by atoms with Gasteiger partial charge in [0.2, 0.25) is 5.95 Å². The van der Waals surface area contributed by atoms with Crippen LogP contribution in [-0.4, -0.2) is 9.97 Å². The van der Waals surface area contributed by atoms with E-state index in [0.717, 1.165) is 23.1 Å². The first-order chi connectivity index (χ1) is 6.70. The van der Waals surface area contributed by atoms with Gasteiger partial charge in [0.25, 0.3) is 0 Å². The Morgan fingerprint density at radius 1 is 1.36 bits per heavy atom. The van der Waals surface area contributed by atoms with Crippen LogP contribution in [-0.2, 0) is 6.42 Å². The van der Waals surface area contributed by atoms with Crippen molar-refractivity contribution in [2.24, 2.45) is 0 Å². The molecule has 0 saturated carbocycles. The molecule has 0 aliphatic carbocycles. The van der Waals surface area contributed by atoms with Crippen molar-refractivity contribution >= 4 is 33.3 Å². The summed E-state index contributed by atoms with van der Waals surface area (Å²) in [5, 5.41) is 0. The maximum Gasteiger partial charge on any atom is 0.222 e. The van der Waals surface area contributed by atoms with E-state index in [1.807, 2.05) is 6.07 Å². The highest BCUT2D eigenvalue weighted by Gasteiger charge is 2.07. The minimum atomic E-state index is 0.246. The van der Waals surface area contributed by atoms with Gasteiger partial charge >= 0.3 is 0 Å². The van der Waals surface area contributed by atoms with Gasteiger partial charge in [0.1, 0.15) is 5.82 Å². The molecule has 0 fully saturated rings. The third kappa shape index (κ3) is 1.50. The van der Waals surface area contributed by atoms with Gasteiger partial charge in [0.05, 0.1) is 10.2 Å². The molecule has 2 rings (SSSR count). The molecule has 74 valence electrons. The van der Waals surface area contributed by atoms with Gasteiger partial charge in [0.15, 0.2) is 0 Å². The molecule has 0 aliphatic heterocycles. The van der Waals surface area contributed by atoms with Gasteiger partial charge in [-0.3, -0.25) is 0 Å². The molecule has 0 aromatic carbocycles. The van der Waals surface area contributed by atoms with Crippen LogP contribution in [0, 0.1) is 0 Å². The van der Waals surface area contributed by atoms with Gasteiger partial charge in [-0.25, -0.2) is 4.98 Å². The number of rotatable bonds is 2. The van der Waals surface area contributed by atoms with Gasteiger partial charge in [-0.15, -0.1) is 11.3 Å². The Balaban J connectivity index is 2.58. The Hall–Kier alpha value is -1.36. The fourth-order valence-electron chi connectivity index (χ4n) is 1.39.